The number of carbonyl (C=O) groups is 2. The normalized spacial score (nSPS) is 13.7. The van der Waals surface area contributed by atoms with E-state index < -0.39 is 21.8 Å². The average molecular weight is 420 g/mol. The van der Waals surface area contributed by atoms with E-state index in [0.717, 1.165) is 24.1 Å². The number of aromatic nitrogens is 2. The van der Waals surface area contributed by atoms with Gasteiger partial charge in [0.2, 0.25) is 10.0 Å². The molecule has 0 atom stereocenters. The van der Waals surface area contributed by atoms with Gasteiger partial charge in [0, 0.05) is 18.4 Å². The number of nitrogens with zero attached hydrogens (tertiary/aromatic N) is 3. The second-order valence-corrected chi connectivity index (χ2v) is 8.08. The number of nitrogens with one attached hydrogen (secondary N) is 2. The zero-order chi connectivity index (χ0) is 21.2. The highest BCUT2D eigenvalue weighted by Gasteiger charge is 2.28. The number of nitrogens with two attached hydrogens (primary N) is 1. The summed E-state index contributed by atoms with van der Waals surface area (Å²) in [4.78, 5) is 37.5. The first-order chi connectivity index (χ1) is 13.8. The van der Waals surface area contributed by atoms with Crippen LogP contribution in [0.25, 0.3) is 0 Å². The molecule has 154 valence electrons. The molecule has 11 nitrogen and oxygen atoms in total. The lowest BCUT2D eigenvalue weighted by molar-refractivity contribution is 0.0942. The predicted molar refractivity (Wildman–Crippen MR) is 103 cm³/mol. The van der Waals surface area contributed by atoms with Crippen molar-refractivity contribution in [3.8, 4) is 0 Å². The van der Waals surface area contributed by atoms with E-state index in [1.165, 1.54) is 38.7 Å². The monoisotopic (exact) mass is 420 g/mol. The third-order valence-corrected chi connectivity index (χ3v) is 5.69. The molecule has 2 heterocycles. The Bertz CT molecular complexity index is 1050. The smallest absolute Gasteiger partial charge is 0.270 e. The van der Waals surface area contributed by atoms with Crippen molar-refractivity contribution in [3.63, 3.8) is 0 Å². The zero-order valence-corrected chi connectivity index (χ0v) is 16.6. The second-order valence-electron chi connectivity index (χ2n) is 6.23. The van der Waals surface area contributed by atoms with Crippen LogP contribution < -0.4 is 20.8 Å². The van der Waals surface area contributed by atoms with Gasteiger partial charge in [-0.25, -0.2) is 18.2 Å². The fourth-order valence-electron chi connectivity index (χ4n) is 2.60. The third kappa shape index (κ3) is 4.34. The Morgan fingerprint density at radius 3 is 2.59 bits per heavy atom. The summed E-state index contributed by atoms with van der Waals surface area (Å²) < 4.78 is 27.0. The Hall–Kier alpha value is -3.09. The van der Waals surface area contributed by atoms with Gasteiger partial charge in [-0.1, -0.05) is 0 Å². The fourth-order valence-corrected chi connectivity index (χ4v) is 3.47. The molecular formula is C17H20N6O5S. The summed E-state index contributed by atoms with van der Waals surface area (Å²) in [5.74, 6) is -1.25. The SMILES string of the molecule is CNS(=O)(=O)c1ccncc1N(OC)c1cc(C(=O)NC2CC2)ncc1C(N)=O. The van der Waals surface area contributed by atoms with E-state index in [1.54, 1.807) is 0 Å². The predicted octanol–water partition coefficient (Wildman–Crippen LogP) is 0.0753. The van der Waals surface area contributed by atoms with Gasteiger partial charge in [-0.05, 0) is 32.0 Å². The van der Waals surface area contributed by atoms with E-state index >= 15 is 0 Å². The van der Waals surface area contributed by atoms with Crippen molar-refractivity contribution >= 4 is 33.2 Å². The van der Waals surface area contributed by atoms with Gasteiger partial charge in [0.05, 0.1) is 24.6 Å². The molecule has 12 heteroatoms. The summed E-state index contributed by atoms with van der Waals surface area (Å²) >= 11 is 0. The standard InChI is InChI=1S/C17H20N6O5S/c1-19-29(26,27)15-5-6-20-9-14(15)23(28-2)13-7-12(17(25)22-10-3-4-10)21-8-11(13)16(18)24/h5-10,19H,3-4H2,1-2H3,(H2,18,24)(H,22,25). The molecule has 4 N–H and O–H groups in total. The second kappa shape index (κ2) is 8.11. The molecule has 3 rings (SSSR count). The highest BCUT2D eigenvalue weighted by Crippen LogP contribution is 2.33. The highest BCUT2D eigenvalue weighted by molar-refractivity contribution is 7.89. The maximum atomic E-state index is 12.4. The van der Waals surface area contributed by atoms with Crippen LogP contribution in [0.5, 0.6) is 0 Å². The van der Waals surface area contributed by atoms with Crippen LogP contribution in [0.4, 0.5) is 11.4 Å². The molecule has 0 spiro atoms. The molecule has 0 radical (unpaired) electrons. The lowest BCUT2D eigenvalue weighted by Crippen LogP contribution is -2.29. The van der Waals surface area contributed by atoms with E-state index in [1.807, 2.05) is 0 Å². The molecule has 29 heavy (non-hydrogen) atoms. The number of rotatable bonds is 8. The van der Waals surface area contributed by atoms with Gasteiger partial charge in [-0.2, -0.15) is 0 Å². The summed E-state index contributed by atoms with van der Waals surface area (Å²) in [5, 5.41) is 3.85. The van der Waals surface area contributed by atoms with Crippen LogP contribution in [0.2, 0.25) is 0 Å². The van der Waals surface area contributed by atoms with Crippen molar-refractivity contribution in [3.05, 3.63) is 42.0 Å². The summed E-state index contributed by atoms with van der Waals surface area (Å²) in [5.41, 5.74) is 5.48. The van der Waals surface area contributed by atoms with Gasteiger partial charge in [-0.15, -0.1) is 0 Å². The lowest BCUT2D eigenvalue weighted by Gasteiger charge is -2.25. The Morgan fingerprint density at radius 2 is 2.00 bits per heavy atom. The molecule has 2 amide bonds. The molecule has 0 aliphatic heterocycles. The van der Waals surface area contributed by atoms with Crippen LogP contribution in [0, 0.1) is 0 Å². The van der Waals surface area contributed by atoms with Crippen molar-refractivity contribution in [2.24, 2.45) is 5.73 Å². The van der Waals surface area contributed by atoms with Crippen molar-refractivity contribution in [1.29, 1.82) is 0 Å². The average Bonchev–Trinajstić information content (AvgIpc) is 3.52. The van der Waals surface area contributed by atoms with Crippen LogP contribution >= 0.6 is 0 Å². The van der Waals surface area contributed by atoms with E-state index in [9.17, 15) is 18.0 Å². The molecule has 0 saturated heterocycles. The van der Waals surface area contributed by atoms with Crippen LogP contribution in [0.15, 0.2) is 35.6 Å². The number of pyridine rings is 2. The first kappa shape index (κ1) is 20.6. The van der Waals surface area contributed by atoms with Crippen LogP contribution in [-0.2, 0) is 14.9 Å². The van der Waals surface area contributed by atoms with Gasteiger partial charge in [0.25, 0.3) is 11.8 Å². The Labute approximate surface area is 167 Å². The van der Waals surface area contributed by atoms with Crippen molar-refractivity contribution in [1.82, 2.24) is 20.0 Å². The summed E-state index contributed by atoms with van der Waals surface area (Å²) in [6, 6.07) is 2.69. The Kier molecular flexibility index (Phi) is 5.77. The number of hydrogen-bond acceptors (Lipinski definition) is 8. The van der Waals surface area contributed by atoms with Crippen LogP contribution in [0.3, 0.4) is 0 Å². The van der Waals surface area contributed by atoms with E-state index in [0.29, 0.717) is 0 Å². The fraction of sp³-hybridized carbons (Fsp3) is 0.294. The van der Waals surface area contributed by atoms with Crippen molar-refractivity contribution < 1.29 is 22.8 Å². The van der Waals surface area contributed by atoms with E-state index in [-0.39, 0.29) is 33.6 Å². The van der Waals surface area contributed by atoms with Gasteiger partial charge < -0.3 is 11.1 Å². The number of primary amides is 1. The molecule has 0 unspecified atom stereocenters. The minimum absolute atomic E-state index is 0.0200. The van der Waals surface area contributed by atoms with Gasteiger partial charge in [0.1, 0.15) is 16.3 Å². The first-order valence-corrected chi connectivity index (χ1v) is 10.1. The molecule has 1 saturated carbocycles. The Morgan fingerprint density at radius 1 is 1.28 bits per heavy atom. The number of sulfonamides is 1. The van der Waals surface area contributed by atoms with Crippen LogP contribution in [0.1, 0.15) is 33.7 Å². The molecule has 0 bridgehead atoms. The highest BCUT2D eigenvalue weighted by atomic mass is 32.2. The number of anilines is 2. The summed E-state index contributed by atoms with van der Waals surface area (Å²) in [6.45, 7) is 0. The topological polar surface area (TPSA) is 157 Å². The largest absolute Gasteiger partial charge is 0.365 e. The van der Waals surface area contributed by atoms with Gasteiger partial charge in [0.15, 0.2) is 0 Å². The van der Waals surface area contributed by atoms with E-state index in [2.05, 4.69) is 20.0 Å². The number of carbonyl (C=O) groups excluding carboxylic acids is 2. The third-order valence-electron chi connectivity index (χ3n) is 4.23. The zero-order valence-electron chi connectivity index (χ0n) is 15.7. The first-order valence-electron chi connectivity index (χ1n) is 8.61. The molecule has 2 aromatic rings. The molecular weight excluding hydrogens is 400 g/mol. The minimum Gasteiger partial charge on any atom is -0.365 e. The number of hydrogen-bond donors (Lipinski definition) is 3. The molecule has 1 fully saturated rings. The molecule has 1 aliphatic carbocycles. The van der Waals surface area contributed by atoms with Crippen LogP contribution in [-0.4, -0.2) is 50.4 Å². The Balaban J connectivity index is 2.14. The maximum absolute atomic E-state index is 12.4. The summed E-state index contributed by atoms with van der Waals surface area (Å²) in [6.07, 6.45) is 5.49. The van der Waals surface area contributed by atoms with Gasteiger partial charge in [-0.3, -0.25) is 24.4 Å². The maximum Gasteiger partial charge on any atom is 0.270 e. The van der Waals surface area contributed by atoms with Crippen molar-refractivity contribution in [2.45, 2.75) is 23.8 Å². The quantitative estimate of drug-likeness (QED) is 0.507. The molecule has 2 aromatic heterocycles. The molecule has 1 aliphatic rings. The lowest BCUT2D eigenvalue weighted by atomic mass is 10.1. The number of amides is 2. The van der Waals surface area contributed by atoms with E-state index in [4.69, 9.17) is 10.6 Å². The van der Waals surface area contributed by atoms with Crippen molar-refractivity contribution in [2.75, 3.05) is 19.2 Å². The summed E-state index contributed by atoms with van der Waals surface area (Å²) in [7, 11) is -1.34. The minimum atomic E-state index is -3.88. The van der Waals surface area contributed by atoms with Gasteiger partial charge >= 0.3 is 0 Å². The molecule has 0 aromatic carbocycles.